The fourth-order valence-electron chi connectivity index (χ4n) is 2.96. The lowest BCUT2D eigenvalue weighted by Crippen LogP contribution is -2.38. The van der Waals surface area contributed by atoms with Crippen LogP contribution >= 0.6 is 0 Å². The van der Waals surface area contributed by atoms with Gasteiger partial charge in [0, 0.05) is 25.6 Å². The number of alkyl halides is 3. The van der Waals surface area contributed by atoms with E-state index in [9.17, 15) is 18.0 Å². The molecule has 1 aliphatic heterocycles. The van der Waals surface area contributed by atoms with E-state index in [4.69, 9.17) is 4.74 Å². The minimum Gasteiger partial charge on any atom is -0.406 e. The van der Waals surface area contributed by atoms with E-state index in [-0.39, 0.29) is 17.6 Å². The van der Waals surface area contributed by atoms with Gasteiger partial charge in [0.05, 0.1) is 12.7 Å². The third-order valence-corrected chi connectivity index (χ3v) is 4.18. The number of ether oxygens (including phenoxy) is 2. The largest absolute Gasteiger partial charge is 0.573 e. The van der Waals surface area contributed by atoms with Crippen molar-refractivity contribution in [3.05, 3.63) is 65.2 Å². The summed E-state index contributed by atoms with van der Waals surface area (Å²) in [5.41, 5.74) is 2.45. The van der Waals surface area contributed by atoms with Gasteiger partial charge >= 0.3 is 6.36 Å². The molecule has 0 N–H and O–H groups in total. The molecular formula is C19H18F3NO3. The number of hydrogen-bond donors (Lipinski definition) is 0. The monoisotopic (exact) mass is 365 g/mol. The maximum atomic E-state index is 12.5. The molecule has 7 heteroatoms. The number of nitrogens with zero attached hydrogens (tertiary/aromatic N) is 1. The first-order valence-corrected chi connectivity index (χ1v) is 8.11. The lowest BCUT2D eigenvalue weighted by Gasteiger charge is -2.29. The van der Waals surface area contributed by atoms with Gasteiger partial charge in [-0.2, -0.15) is 0 Å². The molecule has 26 heavy (non-hydrogen) atoms. The van der Waals surface area contributed by atoms with Crippen LogP contribution in [0.15, 0.2) is 48.5 Å². The molecule has 1 amide bonds. The SMILES string of the molecule is CN(CC1Cc2ccccc2CO1)C(=O)c1cccc(OC(F)(F)F)c1. The van der Waals surface area contributed by atoms with Crippen molar-refractivity contribution in [3.8, 4) is 5.75 Å². The Balaban J connectivity index is 1.64. The van der Waals surface area contributed by atoms with Crippen molar-refractivity contribution in [1.29, 1.82) is 0 Å². The van der Waals surface area contributed by atoms with E-state index in [0.717, 1.165) is 17.7 Å². The van der Waals surface area contributed by atoms with E-state index in [1.165, 1.54) is 22.6 Å². The molecule has 1 aliphatic rings. The average molecular weight is 365 g/mol. The van der Waals surface area contributed by atoms with Gasteiger partial charge < -0.3 is 14.4 Å². The molecule has 0 aromatic heterocycles. The Kier molecular flexibility index (Phi) is 5.18. The van der Waals surface area contributed by atoms with Gasteiger partial charge in [0.2, 0.25) is 0 Å². The molecule has 1 unspecified atom stereocenters. The van der Waals surface area contributed by atoms with E-state index >= 15 is 0 Å². The fourth-order valence-corrected chi connectivity index (χ4v) is 2.96. The zero-order valence-electron chi connectivity index (χ0n) is 14.1. The van der Waals surface area contributed by atoms with E-state index in [1.807, 2.05) is 24.3 Å². The second-order valence-electron chi connectivity index (χ2n) is 6.17. The smallest absolute Gasteiger partial charge is 0.406 e. The predicted molar refractivity (Wildman–Crippen MR) is 88.8 cm³/mol. The van der Waals surface area contributed by atoms with Crippen LogP contribution in [0.1, 0.15) is 21.5 Å². The van der Waals surface area contributed by atoms with E-state index < -0.39 is 12.1 Å². The minimum absolute atomic E-state index is 0.130. The van der Waals surface area contributed by atoms with Crippen molar-refractivity contribution < 1.29 is 27.4 Å². The van der Waals surface area contributed by atoms with Gasteiger partial charge in [-0.15, -0.1) is 13.2 Å². The Morgan fingerprint density at radius 3 is 2.65 bits per heavy atom. The number of halogens is 3. The molecule has 1 heterocycles. The molecule has 0 spiro atoms. The van der Waals surface area contributed by atoms with Crippen molar-refractivity contribution in [1.82, 2.24) is 4.90 Å². The van der Waals surface area contributed by atoms with Crippen LogP contribution < -0.4 is 4.74 Å². The fraction of sp³-hybridized carbons (Fsp3) is 0.316. The molecule has 0 fully saturated rings. The highest BCUT2D eigenvalue weighted by molar-refractivity contribution is 5.94. The Bertz CT molecular complexity index is 792. The number of fused-ring (bicyclic) bond motifs is 1. The van der Waals surface area contributed by atoms with Crippen LogP contribution in [-0.4, -0.2) is 36.9 Å². The summed E-state index contributed by atoms with van der Waals surface area (Å²) in [6, 6.07) is 13.0. The normalized spacial score (nSPS) is 16.7. The quantitative estimate of drug-likeness (QED) is 0.827. The van der Waals surface area contributed by atoms with E-state index in [1.54, 1.807) is 7.05 Å². The van der Waals surface area contributed by atoms with Gasteiger partial charge in [0.25, 0.3) is 5.91 Å². The van der Waals surface area contributed by atoms with Crippen LogP contribution in [0.2, 0.25) is 0 Å². The molecule has 2 aromatic rings. The molecule has 0 bridgehead atoms. The average Bonchev–Trinajstić information content (AvgIpc) is 2.59. The summed E-state index contributed by atoms with van der Waals surface area (Å²) in [5, 5.41) is 0. The van der Waals surface area contributed by atoms with E-state index in [0.29, 0.717) is 19.6 Å². The number of carbonyl (C=O) groups is 1. The van der Waals surface area contributed by atoms with Crippen molar-refractivity contribution >= 4 is 5.91 Å². The number of amides is 1. The highest BCUT2D eigenvalue weighted by Gasteiger charge is 2.31. The van der Waals surface area contributed by atoms with Crippen LogP contribution in [0.4, 0.5) is 13.2 Å². The third-order valence-electron chi connectivity index (χ3n) is 4.18. The lowest BCUT2D eigenvalue weighted by atomic mass is 9.99. The van der Waals surface area contributed by atoms with Crippen molar-refractivity contribution in [2.24, 2.45) is 0 Å². The minimum atomic E-state index is -4.79. The number of rotatable bonds is 4. The molecule has 0 saturated carbocycles. The number of likely N-dealkylation sites (N-methyl/N-ethyl adjacent to an activating group) is 1. The Labute approximate surface area is 149 Å². The summed E-state index contributed by atoms with van der Waals surface area (Å²) < 4.78 is 46.6. The first-order chi connectivity index (χ1) is 12.3. The maximum absolute atomic E-state index is 12.5. The summed E-state index contributed by atoms with van der Waals surface area (Å²) in [4.78, 5) is 14.0. The summed E-state index contributed by atoms with van der Waals surface area (Å²) in [6.07, 6.45) is -4.27. The van der Waals surface area contributed by atoms with Crippen LogP contribution in [0, 0.1) is 0 Å². The molecule has 1 atom stereocenters. The topological polar surface area (TPSA) is 38.8 Å². The van der Waals surface area contributed by atoms with Crippen LogP contribution in [0.5, 0.6) is 5.75 Å². The molecule has 3 rings (SSSR count). The van der Waals surface area contributed by atoms with Crippen LogP contribution in [0.25, 0.3) is 0 Å². The summed E-state index contributed by atoms with van der Waals surface area (Å²) in [6.45, 7) is 0.829. The standard InChI is InChI=1S/C19H18F3NO3/c1-23(11-17-9-13-5-2-3-6-15(13)12-25-17)18(24)14-7-4-8-16(10-14)26-19(20,21)22/h2-8,10,17H,9,11-12H2,1H3. The van der Waals surface area contributed by atoms with Gasteiger partial charge in [-0.1, -0.05) is 30.3 Å². The molecular weight excluding hydrogens is 347 g/mol. The van der Waals surface area contributed by atoms with Gasteiger partial charge in [0.15, 0.2) is 0 Å². The van der Waals surface area contributed by atoms with Crippen LogP contribution in [0.3, 0.4) is 0 Å². The first kappa shape index (κ1) is 18.3. The predicted octanol–water partition coefficient (Wildman–Crippen LogP) is 3.80. The summed E-state index contributed by atoms with van der Waals surface area (Å²) in [5.74, 6) is -0.806. The maximum Gasteiger partial charge on any atom is 0.573 e. The van der Waals surface area contributed by atoms with Crippen LogP contribution in [-0.2, 0) is 17.8 Å². The zero-order chi connectivity index (χ0) is 18.7. The molecule has 4 nitrogen and oxygen atoms in total. The summed E-state index contributed by atoms with van der Waals surface area (Å²) in [7, 11) is 1.60. The second-order valence-corrected chi connectivity index (χ2v) is 6.17. The first-order valence-electron chi connectivity index (χ1n) is 8.11. The highest BCUT2D eigenvalue weighted by atomic mass is 19.4. The van der Waals surface area contributed by atoms with E-state index in [2.05, 4.69) is 4.74 Å². The Hall–Kier alpha value is -2.54. The van der Waals surface area contributed by atoms with Crippen molar-refractivity contribution in [3.63, 3.8) is 0 Å². The Morgan fingerprint density at radius 1 is 1.19 bits per heavy atom. The zero-order valence-corrected chi connectivity index (χ0v) is 14.1. The number of hydrogen-bond acceptors (Lipinski definition) is 3. The Morgan fingerprint density at radius 2 is 1.92 bits per heavy atom. The van der Waals surface area contributed by atoms with Gasteiger partial charge in [-0.25, -0.2) is 0 Å². The number of carbonyl (C=O) groups excluding carboxylic acids is 1. The number of benzene rings is 2. The molecule has 2 aromatic carbocycles. The van der Waals surface area contributed by atoms with Crippen molar-refractivity contribution in [2.45, 2.75) is 25.5 Å². The molecule has 0 radical (unpaired) electrons. The van der Waals surface area contributed by atoms with Gasteiger partial charge in [0.1, 0.15) is 5.75 Å². The molecule has 0 saturated heterocycles. The lowest BCUT2D eigenvalue weighted by molar-refractivity contribution is -0.274. The van der Waals surface area contributed by atoms with Gasteiger partial charge in [-0.05, 0) is 29.3 Å². The third kappa shape index (κ3) is 4.54. The van der Waals surface area contributed by atoms with Crippen molar-refractivity contribution in [2.75, 3.05) is 13.6 Å². The second kappa shape index (κ2) is 7.37. The highest BCUT2D eigenvalue weighted by Crippen LogP contribution is 2.24. The molecule has 138 valence electrons. The summed E-state index contributed by atoms with van der Waals surface area (Å²) >= 11 is 0. The van der Waals surface area contributed by atoms with Gasteiger partial charge in [-0.3, -0.25) is 4.79 Å². The molecule has 0 aliphatic carbocycles.